The molecule has 1 aliphatic rings. The maximum absolute atomic E-state index is 10.2. The molecule has 3 heteroatoms. The highest BCUT2D eigenvalue weighted by atomic mass is 31.0. The SMILES string of the molecule is CC1=C(P)C(CCC(C)CC/C=C(\C)CCC/C(C)=C/CCC(C)O)=CC(O)C1C. The Labute approximate surface area is 188 Å². The van der Waals surface area contributed by atoms with Gasteiger partial charge in [0.2, 0.25) is 0 Å². The first-order valence-electron chi connectivity index (χ1n) is 12.0. The molecule has 0 spiro atoms. The Hall–Kier alpha value is -0.690. The lowest BCUT2D eigenvalue weighted by atomic mass is 9.85. The fraction of sp³-hybridized carbons (Fsp3) is 0.704. The number of aliphatic hydroxyl groups is 2. The van der Waals surface area contributed by atoms with Crippen molar-refractivity contribution >= 4 is 9.24 Å². The van der Waals surface area contributed by atoms with Crippen LogP contribution in [0.3, 0.4) is 0 Å². The first-order chi connectivity index (χ1) is 14.1. The molecule has 0 saturated heterocycles. The van der Waals surface area contributed by atoms with Gasteiger partial charge in [0.1, 0.15) is 0 Å². The molecule has 0 aromatic carbocycles. The zero-order chi connectivity index (χ0) is 22.7. The molecule has 0 aromatic rings. The van der Waals surface area contributed by atoms with E-state index < -0.39 is 0 Å². The third-order valence-electron chi connectivity index (χ3n) is 6.62. The van der Waals surface area contributed by atoms with Crippen molar-refractivity contribution < 1.29 is 10.2 Å². The van der Waals surface area contributed by atoms with Gasteiger partial charge in [-0.3, -0.25) is 0 Å². The predicted molar refractivity (Wildman–Crippen MR) is 136 cm³/mol. The van der Waals surface area contributed by atoms with E-state index in [9.17, 15) is 10.2 Å². The molecule has 5 atom stereocenters. The van der Waals surface area contributed by atoms with Gasteiger partial charge in [-0.15, -0.1) is 9.24 Å². The predicted octanol–water partition coefficient (Wildman–Crippen LogP) is 7.49. The highest BCUT2D eigenvalue weighted by Gasteiger charge is 2.22. The van der Waals surface area contributed by atoms with Crippen molar-refractivity contribution in [3.05, 3.63) is 45.8 Å². The summed E-state index contributed by atoms with van der Waals surface area (Å²) in [6, 6.07) is 0. The fourth-order valence-electron chi connectivity index (χ4n) is 3.99. The summed E-state index contributed by atoms with van der Waals surface area (Å²) < 4.78 is 0. The Morgan fingerprint density at radius 1 is 1.07 bits per heavy atom. The van der Waals surface area contributed by atoms with Gasteiger partial charge < -0.3 is 10.2 Å². The molecular formula is C27H47O2P. The average Bonchev–Trinajstić information content (AvgIpc) is 2.67. The largest absolute Gasteiger partial charge is 0.393 e. The molecule has 0 radical (unpaired) electrons. The van der Waals surface area contributed by atoms with E-state index in [4.69, 9.17) is 0 Å². The maximum atomic E-state index is 10.2. The lowest BCUT2D eigenvalue weighted by Gasteiger charge is -2.27. The van der Waals surface area contributed by atoms with Gasteiger partial charge in [0.25, 0.3) is 0 Å². The molecule has 172 valence electrons. The normalized spacial score (nSPS) is 22.9. The second kappa shape index (κ2) is 14.4. The van der Waals surface area contributed by atoms with E-state index >= 15 is 0 Å². The standard InChI is InChI=1S/C27H47O2P/c1-19(10-7-11-20(2)14-9-15-22(4)28)12-8-13-21(3)16-17-25-18-26(29)23(5)24(6)27(25)30/h12,14,18,21-23,26,28-29H,7-11,13,15-17,30H2,1-6H3/b19-12+,20-14+. The van der Waals surface area contributed by atoms with Gasteiger partial charge in [0.15, 0.2) is 0 Å². The Morgan fingerprint density at radius 2 is 1.63 bits per heavy atom. The highest BCUT2D eigenvalue weighted by Crippen LogP contribution is 2.36. The minimum absolute atomic E-state index is 0.195. The van der Waals surface area contributed by atoms with E-state index in [0.717, 1.165) is 32.1 Å². The summed E-state index contributed by atoms with van der Waals surface area (Å²) in [4.78, 5) is 0. The summed E-state index contributed by atoms with van der Waals surface area (Å²) >= 11 is 0. The van der Waals surface area contributed by atoms with Crippen LogP contribution in [-0.2, 0) is 0 Å². The molecular weight excluding hydrogens is 387 g/mol. The molecule has 0 saturated carbocycles. The Kier molecular flexibility index (Phi) is 13.1. The van der Waals surface area contributed by atoms with Crippen molar-refractivity contribution in [2.45, 2.75) is 112 Å². The number of rotatable bonds is 13. The Bertz CT molecular complexity index is 639. The van der Waals surface area contributed by atoms with Crippen LogP contribution in [-0.4, -0.2) is 22.4 Å². The van der Waals surface area contributed by atoms with Crippen molar-refractivity contribution in [2.75, 3.05) is 0 Å². The van der Waals surface area contributed by atoms with Gasteiger partial charge >= 0.3 is 0 Å². The highest BCUT2D eigenvalue weighted by molar-refractivity contribution is 7.23. The van der Waals surface area contributed by atoms with Crippen molar-refractivity contribution in [2.24, 2.45) is 11.8 Å². The molecule has 0 heterocycles. The molecule has 0 aliphatic heterocycles. The molecule has 30 heavy (non-hydrogen) atoms. The summed E-state index contributed by atoms with van der Waals surface area (Å²) in [5, 5.41) is 20.9. The molecule has 0 amide bonds. The van der Waals surface area contributed by atoms with Crippen LogP contribution in [0.1, 0.15) is 99.3 Å². The van der Waals surface area contributed by atoms with Gasteiger partial charge in [-0.05, 0) is 102 Å². The van der Waals surface area contributed by atoms with E-state index in [2.05, 4.69) is 62.1 Å². The van der Waals surface area contributed by atoms with E-state index in [0.29, 0.717) is 5.92 Å². The average molecular weight is 435 g/mol. The van der Waals surface area contributed by atoms with Gasteiger partial charge in [0, 0.05) is 5.92 Å². The lowest BCUT2D eigenvalue weighted by molar-refractivity contribution is 0.176. The van der Waals surface area contributed by atoms with Crippen LogP contribution in [0, 0.1) is 11.8 Å². The molecule has 0 bridgehead atoms. The number of hydrogen-bond donors (Lipinski definition) is 2. The molecule has 0 fully saturated rings. The number of hydrogen-bond acceptors (Lipinski definition) is 2. The van der Waals surface area contributed by atoms with Crippen LogP contribution < -0.4 is 0 Å². The summed E-state index contributed by atoms with van der Waals surface area (Å²) in [7, 11) is 2.89. The minimum atomic E-state index is -0.332. The second-order valence-electron chi connectivity index (χ2n) is 9.67. The quantitative estimate of drug-likeness (QED) is 0.233. The third-order valence-corrected chi connectivity index (χ3v) is 7.44. The third kappa shape index (κ3) is 10.6. The van der Waals surface area contributed by atoms with Gasteiger partial charge in [-0.25, -0.2) is 0 Å². The van der Waals surface area contributed by atoms with Crippen LogP contribution in [0.15, 0.2) is 45.8 Å². The Balaban J connectivity index is 2.27. The Morgan fingerprint density at radius 3 is 2.20 bits per heavy atom. The summed E-state index contributed by atoms with van der Waals surface area (Å²) in [5.41, 5.74) is 5.59. The topological polar surface area (TPSA) is 40.5 Å². The molecule has 1 rings (SSSR count). The van der Waals surface area contributed by atoms with Crippen LogP contribution in [0.25, 0.3) is 0 Å². The number of aliphatic hydroxyl groups excluding tert-OH is 2. The first-order valence-corrected chi connectivity index (χ1v) is 12.5. The molecule has 0 aromatic heterocycles. The van der Waals surface area contributed by atoms with E-state index in [-0.39, 0.29) is 18.1 Å². The second-order valence-corrected chi connectivity index (χ2v) is 10.2. The van der Waals surface area contributed by atoms with Crippen molar-refractivity contribution in [1.29, 1.82) is 0 Å². The van der Waals surface area contributed by atoms with Crippen molar-refractivity contribution in [1.82, 2.24) is 0 Å². The van der Waals surface area contributed by atoms with E-state index in [1.54, 1.807) is 0 Å². The monoisotopic (exact) mass is 434 g/mol. The lowest BCUT2D eigenvalue weighted by Crippen LogP contribution is -2.21. The molecule has 2 nitrogen and oxygen atoms in total. The molecule has 2 N–H and O–H groups in total. The first kappa shape index (κ1) is 27.3. The minimum Gasteiger partial charge on any atom is -0.393 e. The van der Waals surface area contributed by atoms with Gasteiger partial charge in [-0.2, -0.15) is 0 Å². The van der Waals surface area contributed by atoms with Crippen molar-refractivity contribution in [3.8, 4) is 0 Å². The van der Waals surface area contributed by atoms with Crippen LogP contribution >= 0.6 is 9.24 Å². The summed E-state index contributed by atoms with van der Waals surface area (Å²) in [5.74, 6) is 0.930. The molecule has 1 aliphatic carbocycles. The maximum Gasteiger partial charge on any atom is 0.0789 e. The van der Waals surface area contributed by atoms with Crippen LogP contribution in [0.4, 0.5) is 0 Å². The van der Waals surface area contributed by atoms with Crippen molar-refractivity contribution in [3.63, 3.8) is 0 Å². The van der Waals surface area contributed by atoms with Gasteiger partial charge in [0.05, 0.1) is 12.2 Å². The molecule has 5 unspecified atom stereocenters. The van der Waals surface area contributed by atoms with Crippen LogP contribution in [0.5, 0.6) is 0 Å². The zero-order valence-electron chi connectivity index (χ0n) is 20.4. The zero-order valence-corrected chi connectivity index (χ0v) is 21.5. The van der Waals surface area contributed by atoms with Crippen LogP contribution in [0.2, 0.25) is 0 Å². The van der Waals surface area contributed by atoms with Gasteiger partial charge in [-0.1, -0.05) is 48.8 Å². The summed E-state index contributed by atoms with van der Waals surface area (Å²) in [6.45, 7) is 12.9. The van der Waals surface area contributed by atoms with E-state index in [1.165, 1.54) is 53.3 Å². The van der Waals surface area contributed by atoms with E-state index in [1.807, 2.05) is 6.92 Å². The number of allylic oxidation sites excluding steroid dienone is 6. The fourth-order valence-corrected chi connectivity index (χ4v) is 4.50. The summed E-state index contributed by atoms with van der Waals surface area (Å²) in [6.07, 6.45) is 16.3. The smallest absolute Gasteiger partial charge is 0.0789 e.